The summed E-state index contributed by atoms with van der Waals surface area (Å²) in [5, 5.41) is 0. The highest BCUT2D eigenvalue weighted by Crippen LogP contribution is 2.30. The number of hydrogen-bond donors (Lipinski definition) is 0. The molecule has 21 heavy (non-hydrogen) atoms. The van der Waals surface area contributed by atoms with Gasteiger partial charge >= 0.3 is 0 Å². The summed E-state index contributed by atoms with van der Waals surface area (Å²) in [4.78, 5) is 8.21. The minimum Gasteiger partial charge on any atom is -0.293 e. The van der Waals surface area contributed by atoms with Crippen LogP contribution in [0.25, 0.3) is 26.9 Å². The lowest BCUT2D eigenvalue weighted by Gasteiger charge is -2.07. The molecule has 0 atom stereocenters. The van der Waals surface area contributed by atoms with E-state index in [-0.39, 0.29) is 11.2 Å². The van der Waals surface area contributed by atoms with Crippen LogP contribution < -0.4 is 0 Å². The van der Waals surface area contributed by atoms with Crippen molar-refractivity contribution in [3.63, 3.8) is 0 Å². The number of thiazole rings is 1. The molecule has 0 unspecified atom stereocenters. The molecule has 3 nitrogen and oxygen atoms in total. The van der Waals surface area contributed by atoms with Gasteiger partial charge in [0.25, 0.3) is 0 Å². The second-order valence-corrected chi connectivity index (χ2v) is 6.60. The quantitative estimate of drug-likeness (QED) is 0.430. The molecule has 0 aliphatic rings. The maximum Gasteiger partial charge on any atom is 0.176 e. The Morgan fingerprint density at radius 2 is 2.00 bits per heavy atom. The summed E-state index contributed by atoms with van der Waals surface area (Å²) in [5.74, 6) is -0.891. The molecule has 0 radical (unpaired) electrons. The number of aromatic nitrogens is 3. The molecule has 4 rings (SSSR count). The molecule has 0 spiro atoms. The van der Waals surface area contributed by atoms with E-state index in [0.29, 0.717) is 11.0 Å². The first-order valence-electron chi connectivity index (χ1n) is 5.99. The molecular formula is C14H6F2IN3S. The van der Waals surface area contributed by atoms with E-state index in [1.54, 1.807) is 23.7 Å². The second-order valence-electron chi connectivity index (χ2n) is 4.47. The highest BCUT2D eigenvalue weighted by atomic mass is 127. The van der Waals surface area contributed by atoms with E-state index in [9.17, 15) is 8.78 Å². The van der Waals surface area contributed by atoms with Crippen LogP contribution in [0.2, 0.25) is 0 Å². The molecule has 0 bridgehead atoms. The lowest BCUT2D eigenvalue weighted by atomic mass is 10.2. The monoisotopic (exact) mass is 413 g/mol. The van der Waals surface area contributed by atoms with Crippen LogP contribution >= 0.6 is 33.9 Å². The molecule has 0 amide bonds. The fourth-order valence-electron chi connectivity index (χ4n) is 2.30. The van der Waals surface area contributed by atoms with Crippen LogP contribution in [-0.2, 0) is 0 Å². The summed E-state index contributed by atoms with van der Waals surface area (Å²) in [7, 11) is 0. The van der Waals surface area contributed by atoms with Crippen LogP contribution in [0.15, 0.2) is 36.1 Å². The normalized spacial score (nSPS) is 11.6. The zero-order valence-corrected chi connectivity index (χ0v) is 13.3. The van der Waals surface area contributed by atoms with Gasteiger partial charge in [-0.05, 0) is 46.9 Å². The van der Waals surface area contributed by atoms with Gasteiger partial charge in [-0.25, -0.2) is 18.7 Å². The van der Waals surface area contributed by atoms with Crippen molar-refractivity contribution in [1.82, 2.24) is 14.5 Å². The van der Waals surface area contributed by atoms with Gasteiger partial charge in [0.1, 0.15) is 23.2 Å². The molecule has 0 aliphatic heterocycles. The van der Waals surface area contributed by atoms with Crippen LogP contribution in [0.1, 0.15) is 0 Å². The van der Waals surface area contributed by atoms with Crippen molar-refractivity contribution in [2.45, 2.75) is 0 Å². The van der Waals surface area contributed by atoms with E-state index in [2.05, 4.69) is 9.97 Å². The third-order valence-electron chi connectivity index (χ3n) is 3.24. The largest absolute Gasteiger partial charge is 0.293 e. The summed E-state index contributed by atoms with van der Waals surface area (Å²) in [5.41, 5.74) is 2.88. The fourth-order valence-corrected chi connectivity index (χ4v) is 3.46. The van der Waals surface area contributed by atoms with Crippen molar-refractivity contribution < 1.29 is 8.78 Å². The van der Waals surface area contributed by atoms with Crippen LogP contribution in [0, 0.1) is 15.2 Å². The molecule has 2 heterocycles. The smallest absolute Gasteiger partial charge is 0.176 e. The van der Waals surface area contributed by atoms with E-state index < -0.39 is 11.6 Å². The lowest BCUT2D eigenvalue weighted by Crippen LogP contribution is -1.98. The van der Waals surface area contributed by atoms with Gasteiger partial charge in [0, 0.05) is 3.57 Å². The molecular weight excluding hydrogens is 407 g/mol. The van der Waals surface area contributed by atoms with Gasteiger partial charge in [0.15, 0.2) is 5.82 Å². The Morgan fingerprint density at radius 3 is 2.81 bits per heavy atom. The molecule has 0 fully saturated rings. The molecule has 2 aromatic heterocycles. The minimum absolute atomic E-state index is 0.244. The SMILES string of the molecule is Fc1cc(I)ccc1-n1cnc2cc3scnc3c(F)c21. The van der Waals surface area contributed by atoms with E-state index in [1.807, 2.05) is 22.6 Å². The van der Waals surface area contributed by atoms with Crippen molar-refractivity contribution >= 4 is 55.2 Å². The Bertz CT molecular complexity index is 993. The standard InChI is InChI=1S/C14H6F2IN3S/c15-8-3-7(17)1-2-10(8)20-5-18-9-4-11-13(19-6-21-11)12(16)14(9)20/h1-6H. The summed E-state index contributed by atoms with van der Waals surface area (Å²) in [6, 6.07) is 6.56. The van der Waals surface area contributed by atoms with E-state index in [0.717, 1.165) is 8.27 Å². The van der Waals surface area contributed by atoms with Gasteiger partial charge in [-0.15, -0.1) is 11.3 Å². The predicted octanol–water partition coefficient (Wildman–Crippen LogP) is 4.52. The summed E-state index contributed by atoms with van der Waals surface area (Å²) < 4.78 is 31.7. The van der Waals surface area contributed by atoms with Crippen molar-refractivity contribution in [2.24, 2.45) is 0 Å². The third-order valence-corrected chi connectivity index (χ3v) is 4.69. The topological polar surface area (TPSA) is 30.7 Å². The van der Waals surface area contributed by atoms with E-state index in [1.165, 1.54) is 28.3 Å². The Balaban J connectivity index is 2.09. The molecule has 0 N–H and O–H groups in total. The molecule has 104 valence electrons. The molecule has 7 heteroatoms. The maximum atomic E-state index is 14.6. The number of rotatable bonds is 1. The number of fused-ring (bicyclic) bond motifs is 2. The van der Waals surface area contributed by atoms with Gasteiger partial charge < -0.3 is 0 Å². The number of hydrogen-bond acceptors (Lipinski definition) is 3. The van der Waals surface area contributed by atoms with Gasteiger partial charge in [-0.2, -0.15) is 0 Å². The van der Waals surface area contributed by atoms with Crippen LogP contribution in [0.4, 0.5) is 8.78 Å². The van der Waals surface area contributed by atoms with Gasteiger partial charge in [-0.1, -0.05) is 0 Å². The first-order valence-corrected chi connectivity index (χ1v) is 7.95. The Kier molecular flexibility index (Phi) is 2.93. The number of halogens is 3. The van der Waals surface area contributed by atoms with E-state index >= 15 is 0 Å². The average Bonchev–Trinajstić information content (AvgIpc) is 3.06. The Morgan fingerprint density at radius 1 is 1.14 bits per heavy atom. The highest BCUT2D eigenvalue weighted by molar-refractivity contribution is 14.1. The zero-order chi connectivity index (χ0) is 14.6. The number of benzene rings is 2. The third kappa shape index (κ3) is 1.95. The lowest BCUT2D eigenvalue weighted by molar-refractivity contribution is 0.614. The van der Waals surface area contributed by atoms with Gasteiger partial charge in [0.2, 0.25) is 0 Å². The number of nitrogens with zero attached hydrogens (tertiary/aromatic N) is 3. The summed E-state index contributed by atoms with van der Waals surface area (Å²) >= 11 is 3.38. The average molecular weight is 413 g/mol. The first-order chi connectivity index (χ1) is 10.1. The molecule has 0 saturated heterocycles. The number of imidazole rings is 1. The van der Waals surface area contributed by atoms with Crippen molar-refractivity contribution in [3.05, 3.63) is 51.3 Å². The molecule has 4 aromatic rings. The zero-order valence-electron chi connectivity index (χ0n) is 10.3. The van der Waals surface area contributed by atoms with Gasteiger partial charge in [0.05, 0.1) is 21.4 Å². The fraction of sp³-hybridized carbons (Fsp3) is 0. The van der Waals surface area contributed by atoms with Crippen molar-refractivity contribution in [2.75, 3.05) is 0 Å². The molecule has 2 aromatic carbocycles. The highest BCUT2D eigenvalue weighted by Gasteiger charge is 2.17. The Labute approximate surface area is 135 Å². The first kappa shape index (κ1) is 13.1. The van der Waals surface area contributed by atoms with Crippen LogP contribution in [0.5, 0.6) is 0 Å². The second kappa shape index (κ2) is 4.70. The maximum absolute atomic E-state index is 14.6. The van der Waals surface area contributed by atoms with Crippen molar-refractivity contribution in [1.29, 1.82) is 0 Å². The van der Waals surface area contributed by atoms with Crippen LogP contribution in [-0.4, -0.2) is 14.5 Å². The summed E-state index contributed by atoms with van der Waals surface area (Å²) in [6.45, 7) is 0. The summed E-state index contributed by atoms with van der Waals surface area (Å²) in [6.07, 6.45) is 1.43. The molecule has 0 aliphatic carbocycles. The van der Waals surface area contributed by atoms with Crippen LogP contribution in [0.3, 0.4) is 0 Å². The minimum atomic E-state index is -0.473. The van der Waals surface area contributed by atoms with Crippen molar-refractivity contribution in [3.8, 4) is 5.69 Å². The van der Waals surface area contributed by atoms with E-state index in [4.69, 9.17) is 0 Å². The molecule has 0 saturated carbocycles. The Hall–Kier alpha value is -1.61. The predicted molar refractivity (Wildman–Crippen MR) is 86.9 cm³/mol. The van der Waals surface area contributed by atoms with Gasteiger partial charge in [-0.3, -0.25) is 4.57 Å².